The fourth-order valence-electron chi connectivity index (χ4n) is 2.67. The van der Waals surface area contributed by atoms with Gasteiger partial charge in [0.15, 0.2) is 0 Å². The van der Waals surface area contributed by atoms with E-state index in [1.807, 2.05) is 4.90 Å². The number of nitrogen functional groups attached to an aromatic ring is 1. The van der Waals surface area contributed by atoms with Crippen molar-refractivity contribution in [1.29, 1.82) is 0 Å². The van der Waals surface area contributed by atoms with E-state index < -0.39 is 0 Å². The van der Waals surface area contributed by atoms with E-state index >= 15 is 0 Å². The number of para-hydroxylation sites is 1. The van der Waals surface area contributed by atoms with Gasteiger partial charge in [-0.1, -0.05) is 6.07 Å². The molecule has 2 unspecified atom stereocenters. The van der Waals surface area contributed by atoms with Crippen molar-refractivity contribution in [3.8, 4) is 0 Å². The Bertz CT molecular complexity index is 494. The maximum atomic E-state index is 12.1. The highest BCUT2D eigenvalue weighted by molar-refractivity contribution is 5.99. The third kappa shape index (κ3) is 3.11. The van der Waals surface area contributed by atoms with E-state index in [0.717, 1.165) is 0 Å². The zero-order valence-electron chi connectivity index (χ0n) is 12.7. The summed E-state index contributed by atoms with van der Waals surface area (Å²) in [7, 11) is 3.31. The van der Waals surface area contributed by atoms with Crippen LogP contribution in [0.25, 0.3) is 0 Å². The van der Waals surface area contributed by atoms with Crippen LogP contribution in [-0.4, -0.2) is 52.1 Å². The molecule has 116 valence electrons. The SMILES string of the molecule is CCOC(=O)c1cccc(N)c1N1CC(OC)C(OC)C1. The minimum absolute atomic E-state index is 0.0512. The molecule has 6 nitrogen and oxygen atoms in total. The Morgan fingerprint density at radius 3 is 2.43 bits per heavy atom. The molecule has 0 spiro atoms. The topological polar surface area (TPSA) is 74.0 Å². The van der Waals surface area contributed by atoms with Crippen LogP contribution in [0.1, 0.15) is 17.3 Å². The van der Waals surface area contributed by atoms with E-state index in [2.05, 4.69) is 0 Å². The van der Waals surface area contributed by atoms with Gasteiger partial charge in [-0.05, 0) is 19.1 Å². The van der Waals surface area contributed by atoms with Crippen LogP contribution in [-0.2, 0) is 14.2 Å². The quantitative estimate of drug-likeness (QED) is 0.651. The number of nitrogens with two attached hydrogens (primary N) is 1. The fourth-order valence-corrected chi connectivity index (χ4v) is 2.67. The van der Waals surface area contributed by atoms with Crippen LogP contribution >= 0.6 is 0 Å². The third-order valence-electron chi connectivity index (χ3n) is 3.70. The summed E-state index contributed by atoms with van der Waals surface area (Å²) in [6, 6.07) is 5.26. The Kier molecular flexibility index (Phi) is 5.03. The molecule has 0 bridgehead atoms. The molecule has 1 aromatic carbocycles. The average molecular weight is 294 g/mol. The third-order valence-corrected chi connectivity index (χ3v) is 3.70. The first-order valence-electron chi connectivity index (χ1n) is 6.98. The van der Waals surface area contributed by atoms with Crippen LogP contribution < -0.4 is 10.6 Å². The van der Waals surface area contributed by atoms with E-state index in [-0.39, 0.29) is 18.2 Å². The number of carbonyl (C=O) groups is 1. The predicted molar refractivity (Wildman–Crippen MR) is 80.6 cm³/mol. The van der Waals surface area contributed by atoms with Crippen LogP contribution in [0.2, 0.25) is 0 Å². The van der Waals surface area contributed by atoms with Gasteiger partial charge in [-0.25, -0.2) is 4.79 Å². The second-order valence-corrected chi connectivity index (χ2v) is 4.92. The van der Waals surface area contributed by atoms with Crippen LogP contribution in [0.3, 0.4) is 0 Å². The van der Waals surface area contributed by atoms with E-state index in [9.17, 15) is 4.79 Å². The van der Waals surface area contributed by atoms with Crippen molar-refractivity contribution < 1.29 is 19.0 Å². The van der Waals surface area contributed by atoms with Gasteiger partial charge in [-0.3, -0.25) is 0 Å². The minimum Gasteiger partial charge on any atom is -0.462 e. The van der Waals surface area contributed by atoms with E-state index in [1.54, 1.807) is 39.3 Å². The molecule has 2 atom stereocenters. The van der Waals surface area contributed by atoms with Gasteiger partial charge in [0, 0.05) is 27.3 Å². The first-order valence-corrected chi connectivity index (χ1v) is 6.98. The molecule has 21 heavy (non-hydrogen) atoms. The number of ether oxygens (including phenoxy) is 3. The number of anilines is 2. The summed E-state index contributed by atoms with van der Waals surface area (Å²) in [6.07, 6.45) is -0.102. The molecule has 0 radical (unpaired) electrons. The highest BCUT2D eigenvalue weighted by Crippen LogP contribution is 2.32. The summed E-state index contributed by atoms with van der Waals surface area (Å²) in [5.74, 6) is -0.366. The number of benzene rings is 1. The largest absolute Gasteiger partial charge is 0.462 e. The van der Waals surface area contributed by atoms with Crippen molar-refractivity contribution in [3.05, 3.63) is 23.8 Å². The summed E-state index contributed by atoms with van der Waals surface area (Å²) in [5.41, 5.74) is 7.79. The molecule has 0 amide bonds. The lowest BCUT2D eigenvalue weighted by Gasteiger charge is -2.22. The molecule has 1 fully saturated rings. The Hall–Kier alpha value is -1.79. The molecule has 1 heterocycles. The molecular weight excluding hydrogens is 272 g/mol. The number of nitrogens with zero attached hydrogens (tertiary/aromatic N) is 1. The number of methoxy groups -OCH3 is 2. The molecule has 1 aliphatic heterocycles. The lowest BCUT2D eigenvalue weighted by Crippen LogP contribution is -2.27. The maximum Gasteiger partial charge on any atom is 0.340 e. The van der Waals surface area contributed by atoms with Crippen LogP contribution in [0, 0.1) is 0 Å². The number of hydrogen-bond acceptors (Lipinski definition) is 6. The molecule has 2 rings (SSSR count). The van der Waals surface area contributed by atoms with Gasteiger partial charge < -0.3 is 24.8 Å². The lowest BCUT2D eigenvalue weighted by molar-refractivity contribution is -0.00461. The van der Waals surface area contributed by atoms with E-state index in [0.29, 0.717) is 36.6 Å². The molecule has 6 heteroatoms. The molecule has 2 N–H and O–H groups in total. The van der Waals surface area contributed by atoms with Gasteiger partial charge in [-0.2, -0.15) is 0 Å². The smallest absolute Gasteiger partial charge is 0.340 e. The van der Waals surface area contributed by atoms with Crippen molar-refractivity contribution in [1.82, 2.24) is 0 Å². The van der Waals surface area contributed by atoms with Gasteiger partial charge in [0.25, 0.3) is 0 Å². The van der Waals surface area contributed by atoms with Crippen molar-refractivity contribution >= 4 is 17.3 Å². The van der Waals surface area contributed by atoms with Crippen molar-refractivity contribution in [2.24, 2.45) is 0 Å². The molecular formula is C15H22N2O4. The van der Waals surface area contributed by atoms with Crippen LogP contribution in [0.5, 0.6) is 0 Å². The Balaban J connectivity index is 2.33. The summed E-state index contributed by atoms with van der Waals surface area (Å²) >= 11 is 0. The zero-order chi connectivity index (χ0) is 15.4. The standard InChI is InChI=1S/C15H22N2O4/c1-4-21-15(18)10-6-5-7-11(16)14(10)17-8-12(19-2)13(9-17)20-3/h5-7,12-13H,4,8-9,16H2,1-3H3. The highest BCUT2D eigenvalue weighted by Gasteiger charge is 2.35. The predicted octanol–water partition coefficient (Wildman–Crippen LogP) is 1.30. The molecule has 0 aromatic heterocycles. The molecule has 0 saturated carbocycles. The Morgan fingerprint density at radius 2 is 1.90 bits per heavy atom. The Labute approximate surface area is 124 Å². The normalized spacial score (nSPS) is 21.6. The monoisotopic (exact) mass is 294 g/mol. The van der Waals surface area contributed by atoms with Crippen molar-refractivity contribution in [3.63, 3.8) is 0 Å². The first kappa shape index (κ1) is 15.6. The number of esters is 1. The van der Waals surface area contributed by atoms with Crippen LogP contribution in [0.15, 0.2) is 18.2 Å². The average Bonchev–Trinajstić information content (AvgIpc) is 2.90. The molecule has 1 saturated heterocycles. The number of hydrogen-bond donors (Lipinski definition) is 1. The Morgan fingerprint density at radius 1 is 1.29 bits per heavy atom. The fraction of sp³-hybridized carbons (Fsp3) is 0.533. The van der Waals surface area contributed by atoms with Gasteiger partial charge >= 0.3 is 5.97 Å². The number of rotatable bonds is 5. The van der Waals surface area contributed by atoms with Crippen LogP contribution in [0.4, 0.5) is 11.4 Å². The molecule has 0 aliphatic carbocycles. The van der Waals surface area contributed by atoms with Gasteiger partial charge in [0.1, 0.15) is 12.2 Å². The lowest BCUT2D eigenvalue weighted by atomic mass is 10.1. The second-order valence-electron chi connectivity index (χ2n) is 4.92. The molecule has 1 aromatic rings. The van der Waals surface area contributed by atoms with E-state index in [1.165, 1.54) is 0 Å². The summed E-state index contributed by atoms with van der Waals surface area (Å²) < 4.78 is 16.0. The minimum atomic E-state index is -0.366. The first-order chi connectivity index (χ1) is 10.1. The van der Waals surface area contributed by atoms with Gasteiger partial charge in [0.2, 0.25) is 0 Å². The summed E-state index contributed by atoms with van der Waals surface area (Å²) in [5, 5.41) is 0. The summed E-state index contributed by atoms with van der Waals surface area (Å²) in [6.45, 7) is 3.35. The second kappa shape index (κ2) is 6.78. The number of carbonyl (C=O) groups excluding carboxylic acids is 1. The van der Waals surface area contributed by atoms with Gasteiger partial charge in [0.05, 0.1) is 23.5 Å². The highest BCUT2D eigenvalue weighted by atomic mass is 16.5. The maximum absolute atomic E-state index is 12.1. The molecule has 1 aliphatic rings. The van der Waals surface area contributed by atoms with Crippen molar-refractivity contribution in [2.75, 3.05) is 44.5 Å². The zero-order valence-corrected chi connectivity index (χ0v) is 12.7. The van der Waals surface area contributed by atoms with Gasteiger partial charge in [-0.15, -0.1) is 0 Å². The van der Waals surface area contributed by atoms with E-state index in [4.69, 9.17) is 19.9 Å². The summed E-state index contributed by atoms with van der Waals surface area (Å²) in [4.78, 5) is 14.1. The van der Waals surface area contributed by atoms with Crippen molar-refractivity contribution in [2.45, 2.75) is 19.1 Å².